The second kappa shape index (κ2) is 9.29. The summed E-state index contributed by atoms with van der Waals surface area (Å²) >= 11 is 0. The van der Waals surface area contributed by atoms with E-state index in [0.29, 0.717) is 23.6 Å². The Kier molecular flexibility index (Phi) is 6.44. The highest BCUT2D eigenvalue weighted by atomic mass is 19.3. The zero-order chi connectivity index (χ0) is 23.6. The van der Waals surface area contributed by atoms with Crippen LogP contribution in [0.2, 0.25) is 0 Å². The van der Waals surface area contributed by atoms with Crippen LogP contribution in [-0.2, 0) is 4.79 Å². The van der Waals surface area contributed by atoms with Gasteiger partial charge in [-0.2, -0.15) is 8.78 Å². The van der Waals surface area contributed by atoms with Gasteiger partial charge in [-0.3, -0.25) is 4.79 Å². The average Bonchev–Trinajstić information content (AvgIpc) is 3.16. The van der Waals surface area contributed by atoms with E-state index in [4.69, 9.17) is 9.47 Å². The Morgan fingerprint density at radius 3 is 2.52 bits per heavy atom. The predicted molar refractivity (Wildman–Crippen MR) is 114 cm³/mol. The Morgan fingerprint density at radius 2 is 1.91 bits per heavy atom. The molecule has 6 nitrogen and oxygen atoms in total. The van der Waals surface area contributed by atoms with Crippen molar-refractivity contribution in [1.82, 2.24) is 10.3 Å². The molecule has 1 aromatic heterocycles. The van der Waals surface area contributed by atoms with Crippen LogP contribution in [-0.4, -0.2) is 49.0 Å². The minimum atomic E-state index is -3.11. The number of anilines is 1. The molecule has 1 N–H and O–H groups in total. The van der Waals surface area contributed by atoms with Crippen molar-refractivity contribution in [3.63, 3.8) is 0 Å². The number of ether oxygens (including phenoxy) is 2. The van der Waals surface area contributed by atoms with E-state index in [1.165, 1.54) is 6.20 Å². The van der Waals surface area contributed by atoms with Crippen LogP contribution in [0, 0.1) is 5.92 Å². The van der Waals surface area contributed by atoms with Gasteiger partial charge < -0.3 is 19.7 Å². The Hall–Kier alpha value is -3.30. The Bertz CT molecular complexity index is 999. The number of alkyl halides is 4. The summed E-state index contributed by atoms with van der Waals surface area (Å²) in [5.41, 5.74) is 0.588. The highest BCUT2D eigenvalue weighted by Crippen LogP contribution is 2.48. The minimum Gasteiger partial charge on any atom is -0.491 e. The fourth-order valence-electron chi connectivity index (χ4n) is 3.53. The zero-order valence-corrected chi connectivity index (χ0v) is 17.6. The van der Waals surface area contributed by atoms with Crippen LogP contribution in [0.15, 0.2) is 49.2 Å². The van der Waals surface area contributed by atoms with Gasteiger partial charge in [0, 0.05) is 25.1 Å². The van der Waals surface area contributed by atoms with E-state index in [9.17, 15) is 22.4 Å². The summed E-state index contributed by atoms with van der Waals surface area (Å²) in [5.74, 6) is -2.91. The van der Waals surface area contributed by atoms with Crippen molar-refractivity contribution in [2.45, 2.75) is 31.3 Å². The molecule has 10 heteroatoms. The number of halogens is 4. The standard InChI is InChI=1S/C23H23F4N3O3/c1-14(29-22(31)21(24)25)15-2-4-17(5-3-15)33-19-8-9-30(12-19)20-7-6-18(11-28-20)32-13-16-10-23(16,26)27/h2-7,11,16,19,21H,1,8-10,12-13H2,(H,29,31)/t16?,19-/m1/s1. The van der Waals surface area contributed by atoms with Gasteiger partial charge in [0.15, 0.2) is 0 Å². The second-order valence-corrected chi connectivity index (χ2v) is 8.09. The van der Waals surface area contributed by atoms with Gasteiger partial charge in [0.2, 0.25) is 0 Å². The van der Waals surface area contributed by atoms with E-state index >= 15 is 0 Å². The molecule has 0 bridgehead atoms. The number of benzene rings is 1. The molecule has 2 atom stereocenters. The molecule has 2 aromatic rings. The predicted octanol–water partition coefficient (Wildman–Crippen LogP) is 4.13. The first-order valence-corrected chi connectivity index (χ1v) is 10.5. The van der Waals surface area contributed by atoms with Crippen LogP contribution < -0.4 is 19.7 Å². The summed E-state index contributed by atoms with van der Waals surface area (Å²) in [7, 11) is 0. The SMILES string of the molecule is C=C(NC(=O)C(F)F)c1ccc(O[C@@H]2CCN(c3ccc(OCC4CC4(F)F)cn3)C2)cc1. The maximum atomic E-state index is 12.9. The first-order chi connectivity index (χ1) is 15.7. The lowest BCUT2D eigenvalue weighted by Gasteiger charge is -2.18. The fraction of sp³-hybridized carbons (Fsp3) is 0.391. The lowest BCUT2D eigenvalue weighted by atomic mass is 10.1. The van der Waals surface area contributed by atoms with Crippen molar-refractivity contribution in [1.29, 1.82) is 0 Å². The van der Waals surface area contributed by atoms with Crippen LogP contribution in [0.4, 0.5) is 23.4 Å². The first kappa shape index (κ1) is 22.9. The van der Waals surface area contributed by atoms with Crippen LogP contribution in [0.1, 0.15) is 18.4 Å². The van der Waals surface area contributed by atoms with Gasteiger partial charge in [-0.25, -0.2) is 13.8 Å². The lowest BCUT2D eigenvalue weighted by molar-refractivity contribution is -0.130. The maximum absolute atomic E-state index is 12.9. The Balaban J connectivity index is 1.25. The van der Waals surface area contributed by atoms with Gasteiger partial charge in [-0.1, -0.05) is 6.58 Å². The quantitative estimate of drug-likeness (QED) is 0.565. The van der Waals surface area contributed by atoms with Crippen molar-refractivity contribution in [2.24, 2.45) is 5.92 Å². The highest BCUT2D eigenvalue weighted by molar-refractivity contribution is 5.88. The molecular formula is C23H23F4N3O3. The summed E-state index contributed by atoms with van der Waals surface area (Å²) in [4.78, 5) is 17.5. The smallest absolute Gasteiger partial charge is 0.315 e. The molecule has 2 heterocycles. The van der Waals surface area contributed by atoms with Crippen molar-refractivity contribution < 1.29 is 31.8 Å². The molecule has 1 aromatic carbocycles. The average molecular weight is 465 g/mol. The molecule has 0 radical (unpaired) electrons. The van der Waals surface area contributed by atoms with E-state index in [1.54, 1.807) is 36.4 Å². The molecule has 1 saturated carbocycles. The van der Waals surface area contributed by atoms with Crippen molar-refractivity contribution in [3.8, 4) is 11.5 Å². The molecule has 1 unspecified atom stereocenters. The molecule has 2 aliphatic rings. The lowest BCUT2D eigenvalue weighted by Crippen LogP contribution is -2.27. The van der Waals surface area contributed by atoms with Crippen LogP contribution in [0.3, 0.4) is 0 Å². The molecule has 4 rings (SSSR count). The third kappa shape index (κ3) is 5.74. The summed E-state index contributed by atoms with van der Waals surface area (Å²) in [6.07, 6.45) is -1.01. The van der Waals surface area contributed by atoms with Crippen LogP contribution in [0.5, 0.6) is 11.5 Å². The molecule has 1 amide bonds. The Labute approximate surface area is 188 Å². The molecule has 176 valence electrons. The molecular weight excluding hydrogens is 442 g/mol. The molecule has 1 aliphatic carbocycles. The number of amides is 1. The highest BCUT2D eigenvalue weighted by Gasteiger charge is 2.57. The number of hydrogen-bond acceptors (Lipinski definition) is 5. The monoisotopic (exact) mass is 465 g/mol. The number of carbonyl (C=O) groups excluding carboxylic acids is 1. The number of aromatic nitrogens is 1. The van der Waals surface area contributed by atoms with Gasteiger partial charge in [0.25, 0.3) is 11.8 Å². The second-order valence-electron chi connectivity index (χ2n) is 8.09. The first-order valence-electron chi connectivity index (χ1n) is 10.5. The summed E-state index contributed by atoms with van der Waals surface area (Å²) < 4.78 is 61.9. The van der Waals surface area contributed by atoms with Gasteiger partial charge in [-0.05, 0) is 42.0 Å². The van der Waals surface area contributed by atoms with E-state index in [1.807, 2.05) is 0 Å². The minimum absolute atomic E-state index is 0.0155. The molecule has 0 spiro atoms. The number of rotatable bonds is 9. The Morgan fingerprint density at radius 1 is 1.21 bits per heavy atom. The summed E-state index contributed by atoms with van der Waals surface area (Å²) in [6.45, 7) is 4.93. The van der Waals surface area contributed by atoms with E-state index in [2.05, 4.69) is 21.8 Å². The topological polar surface area (TPSA) is 63.7 Å². The number of hydrogen-bond donors (Lipinski definition) is 1. The van der Waals surface area contributed by atoms with E-state index in [0.717, 1.165) is 18.8 Å². The third-order valence-corrected chi connectivity index (χ3v) is 5.57. The van der Waals surface area contributed by atoms with Gasteiger partial charge in [-0.15, -0.1) is 0 Å². The summed E-state index contributed by atoms with van der Waals surface area (Å²) in [5, 5.41) is 2.06. The van der Waals surface area contributed by atoms with Crippen molar-refractivity contribution >= 4 is 17.4 Å². The maximum Gasteiger partial charge on any atom is 0.315 e. The van der Waals surface area contributed by atoms with E-state index in [-0.39, 0.29) is 24.8 Å². The van der Waals surface area contributed by atoms with Crippen LogP contribution >= 0.6 is 0 Å². The number of nitrogens with zero attached hydrogens (tertiary/aromatic N) is 2. The molecule has 2 fully saturated rings. The van der Waals surface area contributed by atoms with E-state index < -0.39 is 24.2 Å². The molecule has 1 aliphatic heterocycles. The number of carbonyl (C=O) groups is 1. The van der Waals surface area contributed by atoms with Gasteiger partial charge in [0.1, 0.15) is 23.4 Å². The van der Waals surface area contributed by atoms with Gasteiger partial charge >= 0.3 is 6.43 Å². The fourth-order valence-corrected chi connectivity index (χ4v) is 3.53. The van der Waals surface area contributed by atoms with Crippen molar-refractivity contribution in [2.75, 3.05) is 24.6 Å². The molecule has 1 saturated heterocycles. The van der Waals surface area contributed by atoms with Crippen LogP contribution in [0.25, 0.3) is 5.70 Å². The number of pyridine rings is 1. The third-order valence-electron chi connectivity index (χ3n) is 5.57. The normalized spacial score (nSPS) is 21.1. The summed E-state index contributed by atoms with van der Waals surface area (Å²) in [6, 6.07) is 10.1. The number of nitrogens with one attached hydrogen (secondary N) is 1. The molecule has 33 heavy (non-hydrogen) atoms. The van der Waals surface area contributed by atoms with Gasteiger partial charge in [0.05, 0.1) is 25.3 Å². The largest absolute Gasteiger partial charge is 0.491 e. The van der Waals surface area contributed by atoms with Crippen molar-refractivity contribution in [3.05, 3.63) is 54.7 Å². The zero-order valence-electron chi connectivity index (χ0n) is 17.6.